The lowest BCUT2D eigenvalue weighted by molar-refractivity contribution is -0.138. The van der Waals surface area contributed by atoms with Crippen LogP contribution < -0.4 is 10.1 Å². The number of benzene rings is 1. The molecule has 1 unspecified atom stereocenters. The summed E-state index contributed by atoms with van der Waals surface area (Å²) in [7, 11) is 1.62. The minimum absolute atomic E-state index is 0.0231. The van der Waals surface area contributed by atoms with Gasteiger partial charge in [-0.2, -0.15) is 0 Å². The van der Waals surface area contributed by atoms with Crippen molar-refractivity contribution in [3.05, 3.63) is 35.7 Å². The molecule has 1 fully saturated rings. The quantitative estimate of drug-likeness (QED) is 0.567. The third kappa shape index (κ3) is 6.05. The minimum Gasteiger partial charge on any atom is -0.497 e. The van der Waals surface area contributed by atoms with E-state index in [1.54, 1.807) is 18.7 Å². The highest BCUT2D eigenvalue weighted by molar-refractivity contribution is 5.82. The third-order valence-corrected chi connectivity index (χ3v) is 6.06. The number of amides is 2. The smallest absolute Gasteiger partial charge is 0.247 e. The second-order valence-electron chi connectivity index (χ2n) is 8.34. The fraction of sp³-hybridized carbons (Fsp3) is 0.609. The first kappa shape index (κ1) is 23.7. The van der Waals surface area contributed by atoms with E-state index in [2.05, 4.69) is 27.8 Å². The molecule has 1 aliphatic heterocycles. The largest absolute Gasteiger partial charge is 0.497 e. The van der Waals surface area contributed by atoms with Crippen molar-refractivity contribution in [1.82, 2.24) is 30.4 Å². The van der Waals surface area contributed by atoms with Crippen molar-refractivity contribution in [2.75, 3.05) is 26.7 Å². The molecule has 1 aliphatic rings. The Balaban J connectivity index is 1.64. The Labute approximate surface area is 189 Å². The number of nitrogens with zero attached hydrogens (tertiary/aromatic N) is 5. The molecule has 1 atom stereocenters. The number of rotatable bonds is 10. The lowest BCUT2D eigenvalue weighted by Gasteiger charge is -2.33. The van der Waals surface area contributed by atoms with Gasteiger partial charge in [0, 0.05) is 32.0 Å². The number of methoxy groups -OCH3 is 1. The summed E-state index contributed by atoms with van der Waals surface area (Å²) in [4.78, 5) is 27.8. The van der Waals surface area contributed by atoms with E-state index in [9.17, 15) is 9.59 Å². The van der Waals surface area contributed by atoms with Crippen LogP contribution in [-0.2, 0) is 16.0 Å². The lowest BCUT2D eigenvalue weighted by Crippen LogP contribution is -2.46. The maximum Gasteiger partial charge on any atom is 0.247 e. The minimum atomic E-state index is -0.545. The van der Waals surface area contributed by atoms with Crippen molar-refractivity contribution >= 4 is 11.8 Å². The van der Waals surface area contributed by atoms with Crippen LogP contribution in [0.5, 0.6) is 5.75 Å². The molecule has 1 aromatic carbocycles. The number of hydrogen-bond donors (Lipinski definition) is 1. The van der Waals surface area contributed by atoms with Crippen molar-refractivity contribution in [3.8, 4) is 5.75 Å². The average Bonchev–Trinajstić information content (AvgIpc) is 3.25. The maximum atomic E-state index is 13.5. The summed E-state index contributed by atoms with van der Waals surface area (Å²) in [5.41, 5.74) is 0.971. The number of carbonyl (C=O) groups is 2. The predicted molar refractivity (Wildman–Crippen MR) is 120 cm³/mol. The van der Waals surface area contributed by atoms with Gasteiger partial charge in [-0.1, -0.05) is 31.9 Å². The first-order chi connectivity index (χ1) is 15.5. The molecular formula is C23H34N6O3. The van der Waals surface area contributed by atoms with Gasteiger partial charge in [-0.15, -0.1) is 5.10 Å². The van der Waals surface area contributed by atoms with E-state index in [1.807, 2.05) is 29.2 Å². The van der Waals surface area contributed by atoms with Gasteiger partial charge < -0.3 is 15.0 Å². The SMILES string of the molecule is CCCCCNC(=O)C1CCN(C(=O)C(Cc2cccc(OC)c2)n2nnnc2C)CC1. The first-order valence-electron chi connectivity index (χ1n) is 11.5. The molecule has 0 saturated carbocycles. The summed E-state index contributed by atoms with van der Waals surface area (Å²) >= 11 is 0. The highest BCUT2D eigenvalue weighted by Gasteiger charge is 2.33. The Morgan fingerprint density at radius 1 is 1.25 bits per heavy atom. The normalized spacial score (nSPS) is 15.4. The number of ether oxygens (including phenoxy) is 1. The van der Waals surface area contributed by atoms with Gasteiger partial charge in [0.1, 0.15) is 17.6 Å². The van der Waals surface area contributed by atoms with Crippen molar-refractivity contribution < 1.29 is 14.3 Å². The van der Waals surface area contributed by atoms with Crippen molar-refractivity contribution in [3.63, 3.8) is 0 Å². The standard InChI is InChI=1S/C23H34N6O3/c1-4-5-6-12-24-22(30)19-10-13-28(14-11-19)23(31)21(29-17(2)25-26-27-29)16-18-8-7-9-20(15-18)32-3/h7-9,15,19,21H,4-6,10-14,16H2,1-3H3,(H,24,30). The molecule has 2 amide bonds. The summed E-state index contributed by atoms with van der Waals surface area (Å²) < 4.78 is 6.91. The van der Waals surface area contributed by atoms with Crippen LogP contribution in [0, 0.1) is 12.8 Å². The highest BCUT2D eigenvalue weighted by atomic mass is 16.5. The third-order valence-electron chi connectivity index (χ3n) is 6.06. The van der Waals surface area contributed by atoms with E-state index >= 15 is 0 Å². The maximum absolute atomic E-state index is 13.5. The van der Waals surface area contributed by atoms with Crippen LogP contribution in [0.4, 0.5) is 0 Å². The van der Waals surface area contributed by atoms with Gasteiger partial charge in [0.25, 0.3) is 0 Å². The molecule has 1 N–H and O–H groups in total. The number of hydrogen-bond acceptors (Lipinski definition) is 6. The molecule has 3 rings (SSSR count). The molecular weight excluding hydrogens is 408 g/mol. The molecule has 1 aromatic heterocycles. The van der Waals surface area contributed by atoms with E-state index in [1.165, 1.54) is 0 Å². The zero-order valence-electron chi connectivity index (χ0n) is 19.3. The fourth-order valence-electron chi connectivity index (χ4n) is 4.13. The molecule has 0 radical (unpaired) electrons. The second kappa shape index (κ2) is 11.6. The van der Waals surface area contributed by atoms with E-state index in [-0.39, 0.29) is 17.7 Å². The molecule has 1 saturated heterocycles. The van der Waals surface area contributed by atoms with Crippen molar-refractivity contribution in [2.45, 2.75) is 58.4 Å². The topological polar surface area (TPSA) is 102 Å². The van der Waals surface area contributed by atoms with Gasteiger partial charge in [-0.05, 0) is 54.3 Å². The summed E-state index contributed by atoms with van der Waals surface area (Å²) in [6.45, 7) is 5.78. The molecule has 0 aliphatic carbocycles. The van der Waals surface area contributed by atoms with Crippen molar-refractivity contribution in [1.29, 1.82) is 0 Å². The molecule has 9 heteroatoms. The molecule has 2 aromatic rings. The second-order valence-corrected chi connectivity index (χ2v) is 8.34. The molecule has 0 bridgehead atoms. The predicted octanol–water partition coefficient (Wildman–Crippen LogP) is 2.32. The van der Waals surface area contributed by atoms with E-state index in [0.29, 0.717) is 38.2 Å². The van der Waals surface area contributed by atoms with Crippen LogP contribution in [0.2, 0.25) is 0 Å². The molecule has 2 heterocycles. The number of aromatic nitrogens is 4. The first-order valence-corrected chi connectivity index (χ1v) is 11.5. The van der Waals surface area contributed by atoms with E-state index < -0.39 is 6.04 Å². The zero-order chi connectivity index (χ0) is 22.9. The van der Waals surface area contributed by atoms with Gasteiger partial charge in [0.15, 0.2) is 0 Å². The molecule has 32 heavy (non-hydrogen) atoms. The Kier molecular flexibility index (Phi) is 8.58. The Morgan fingerprint density at radius 3 is 2.69 bits per heavy atom. The molecule has 0 spiro atoms. The van der Waals surface area contributed by atoms with Crippen LogP contribution >= 0.6 is 0 Å². The molecule has 174 valence electrons. The van der Waals surface area contributed by atoms with Crippen LogP contribution in [0.1, 0.15) is 56.5 Å². The van der Waals surface area contributed by atoms with Crippen molar-refractivity contribution in [2.24, 2.45) is 5.92 Å². The number of nitrogens with one attached hydrogen (secondary N) is 1. The summed E-state index contributed by atoms with van der Waals surface area (Å²) in [5.74, 6) is 1.38. The van der Waals surface area contributed by atoms with Crippen LogP contribution in [0.3, 0.4) is 0 Å². The van der Waals surface area contributed by atoms with Gasteiger partial charge in [-0.3, -0.25) is 9.59 Å². The number of likely N-dealkylation sites (tertiary alicyclic amines) is 1. The number of carbonyl (C=O) groups excluding carboxylic acids is 2. The average molecular weight is 443 g/mol. The van der Waals surface area contributed by atoms with Gasteiger partial charge >= 0.3 is 0 Å². The number of tetrazole rings is 1. The summed E-state index contributed by atoms with van der Waals surface area (Å²) in [6, 6.07) is 7.14. The number of piperidine rings is 1. The zero-order valence-corrected chi connectivity index (χ0v) is 19.3. The summed E-state index contributed by atoms with van der Waals surface area (Å²) in [5, 5.41) is 14.8. The Hall–Kier alpha value is -2.97. The number of aryl methyl sites for hydroxylation is 1. The van der Waals surface area contributed by atoms with Gasteiger partial charge in [0.05, 0.1) is 7.11 Å². The Bertz CT molecular complexity index is 891. The monoisotopic (exact) mass is 442 g/mol. The van der Waals surface area contributed by atoms with Crippen LogP contribution in [-0.4, -0.2) is 63.7 Å². The van der Waals surface area contributed by atoms with Crippen LogP contribution in [0.15, 0.2) is 24.3 Å². The highest BCUT2D eigenvalue weighted by Crippen LogP contribution is 2.24. The molecule has 9 nitrogen and oxygen atoms in total. The van der Waals surface area contributed by atoms with E-state index in [0.717, 1.165) is 37.1 Å². The fourth-order valence-corrected chi connectivity index (χ4v) is 4.13. The lowest BCUT2D eigenvalue weighted by atomic mass is 9.94. The summed E-state index contributed by atoms with van der Waals surface area (Å²) in [6.07, 6.45) is 5.07. The van der Waals surface area contributed by atoms with Gasteiger partial charge in [0.2, 0.25) is 11.8 Å². The van der Waals surface area contributed by atoms with E-state index in [4.69, 9.17) is 4.74 Å². The number of unbranched alkanes of at least 4 members (excludes halogenated alkanes) is 2. The van der Waals surface area contributed by atoms with Gasteiger partial charge in [-0.25, -0.2) is 4.68 Å². The Morgan fingerprint density at radius 2 is 2.03 bits per heavy atom. The van der Waals surface area contributed by atoms with Crippen LogP contribution in [0.25, 0.3) is 0 Å².